The van der Waals surface area contributed by atoms with Crippen LogP contribution in [0.25, 0.3) is 50.3 Å². The summed E-state index contributed by atoms with van der Waals surface area (Å²) < 4.78 is 0. The molecule has 61 heavy (non-hydrogen) atoms. The summed E-state index contributed by atoms with van der Waals surface area (Å²) in [6.45, 7) is 8.63. The summed E-state index contributed by atoms with van der Waals surface area (Å²) in [5.74, 6) is 0. The maximum absolute atomic E-state index is 4.51. The Morgan fingerprint density at radius 3 is 1.84 bits per heavy atom. The largest absolute Gasteiger partial charge is 0.305 e. The van der Waals surface area contributed by atoms with Gasteiger partial charge in [0.1, 0.15) is 0 Å². The number of nitrogens with zero attached hydrogens (tertiary/aromatic N) is 2. The molecule has 1 aliphatic rings. The van der Waals surface area contributed by atoms with E-state index in [0.717, 1.165) is 57.6 Å². The van der Waals surface area contributed by atoms with Gasteiger partial charge >= 0.3 is 0 Å². The molecule has 2 heterocycles. The smallest absolute Gasteiger partial charge is 0.0160 e. The summed E-state index contributed by atoms with van der Waals surface area (Å²) >= 11 is 0. The molecule has 0 atom stereocenters. The van der Waals surface area contributed by atoms with Crippen LogP contribution in [-0.4, -0.2) is 9.97 Å². The van der Waals surface area contributed by atoms with Gasteiger partial charge < -0.3 is 9.97 Å². The van der Waals surface area contributed by atoms with E-state index in [2.05, 4.69) is 158 Å². The standard InChI is InChI=1S/C47H48N.C11H8N.Ir/c1-4-6-22-39-23-11-9-7-8-10-12-31-46(39)38(20-5-2)24-14-13-21-37(3)40-25-17-26-41(34-40)42-27-18-28-43(35-42)44-29-19-30-45(36-44)47-32-15-16-33-48-47;1-2-6-10(7-3-1)11-8-4-5-9-12-11;/h4-6,13-22,24-29,32-36H,3,7-12,23,31H2,1-2H3;1-6,8-9H;/q2*-1;/b6-4-,20-5-,21-13-,24-14+,39-22+,46-38-;;. The van der Waals surface area contributed by atoms with Crippen molar-refractivity contribution < 1.29 is 20.1 Å². The molecule has 0 unspecified atom stereocenters. The monoisotopic (exact) mass is 973 g/mol. The van der Waals surface area contributed by atoms with E-state index < -0.39 is 0 Å². The van der Waals surface area contributed by atoms with E-state index in [1.165, 1.54) is 66.4 Å². The van der Waals surface area contributed by atoms with Crippen LogP contribution in [0.2, 0.25) is 0 Å². The second-order valence-electron chi connectivity index (χ2n) is 14.9. The van der Waals surface area contributed by atoms with Crippen molar-refractivity contribution in [2.45, 2.75) is 65.2 Å². The number of hydrogen-bond acceptors (Lipinski definition) is 2. The summed E-state index contributed by atoms with van der Waals surface area (Å²) in [5.41, 5.74) is 15.0. The van der Waals surface area contributed by atoms with E-state index in [1.54, 1.807) is 6.20 Å². The summed E-state index contributed by atoms with van der Waals surface area (Å²) in [6, 6.07) is 49.8. The molecule has 0 amide bonds. The minimum absolute atomic E-state index is 0. The third-order valence-electron chi connectivity index (χ3n) is 10.5. The van der Waals surface area contributed by atoms with Crippen LogP contribution in [0.4, 0.5) is 0 Å². The maximum Gasteiger partial charge on any atom is 0.0160 e. The van der Waals surface area contributed by atoms with Crippen LogP contribution in [0.15, 0.2) is 218 Å². The number of allylic oxidation sites excluding steroid dienone is 13. The van der Waals surface area contributed by atoms with Gasteiger partial charge in [-0.15, -0.1) is 71.3 Å². The summed E-state index contributed by atoms with van der Waals surface area (Å²) in [5, 5.41) is 0. The van der Waals surface area contributed by atoms with E-state index >= 15 is 0 Å². The van der Waals surface area contributed by atoms with Crippen LogP contribution in [0.3, 0.4) is 0 Å². The number of hydrogen-bond donors (Lipinski definition) is 0. The molecule has 0 spiro atoms. The summed E-state index contributed by atoms with van der Waals surface area (Å²) in [4.78, 5) is 8.72. The summed E-state index contributed by atoms with van der Waals surface area (Å²) in [6.07, 6.45) is 33.6. The first-order chi connectivity index (χ1) is 29.6. The third-order valence-corrected chi connectivity index (χ3v) is 10.5. The molecule has 3 heteroatoms. The van der Waals surface area contributed by atoms with Crippen molar-refractivity contribution in [2.24, 2.45) is 0 Å². The first-order valence-electron chi connectivity index (χ1n) is 21.4. The Kier molecular flexibility index (Phi) is 19.3. The quantitative estimate of drug-likeness (QED) is 0.101. The molecular weight excluding hydrogens is 917 g/mol. The van der Waals surface area contributed by atoms with E-state index in [-0.39, 0.29) is 20.1 Å². The predicted octanol–water partition coefficient (Wildman–Crippen LogP) is 16.1. The Morgan fingerprint density at radius 1 is 0.541 bits per heavy atom. The number of rotatable bonds is 10. The molecule has 1 radical (unpaired) electrons. The zero-order valence-electron chi connectivity index (χ0n) is 35.6. The van der Waals surface area contributed by atoms with Gasteiger partial charge in [-0.1, -0.05) is 148 Å². The zero-order chi connectivity index (χ0) is 41.6. The molecule has 0 aliphatic heterocycles. The maximum atomic E-state index is 4.51. The van der Waals surface area contributed by atoms with Crippen molar-refractivity contribution in [2.75, 3.05) is 0 Å². The Hall–Kier alpha value is -5.99. The van der Waals surface area contributed by atoms with Gasteiger partial charge in [-0.05, 0) is 120 Å². The van der Waals surface area contributed by atoms with Crippen molar-refractivity contribution in [3.8, 4) is 44.8 Å². The molecule has 6 aromatic rings. The van der Waals surface area contributed by atoms with Crippen LogP contribution in [0.1, 0.15) is 70.8 Å². The molecule has 0 N–H and O–H groups in total. The Labute approximate surface area is 379 Å². The minimum atomic E-state index is 0. The Balaban J connectivity index is 0.000000462. The van der Waals surface area contributed by atoms with Crippen LogP contribution in [-0.2, 0) is 20.1 Å². The molecule has 2 aromatic heterocycles. The van der Waals surface area contributed by atoms with Gasteiger partial charge in [-0.25, -0.2) is 0 Å². The molecular formula is C58H56IrN2-2. The van der Waals surface area contributed by atoms with Crippen molar-refractivity contribution in [1.29, 1.82) is 0 Å². The second-order valence-corrected chi connectivity index (χ2v) is 14.9. The van der Waals surface area contributed by atoms with E-state index in [1.807, 2.05) is 72.9 Å². The number of aromatic nitrogens is 2. The van der Waals surface area contributed by atoms with Gasteiger partial charge in [0, 0.05) is 32.5 Å². The Bertz CT molecular complexity index is 2410. The molecule has 0 bridgehead atoms. The minimum Gasteiger partial charge on any atom is -0.305 e. The number of benzene rings is 4. The van der Waals surface area contributed by atoms with Gasteiger partial charge in [0.05, 0.1) is 0 Å². The molecule has 2 nitrogen and oxygen atoms in total. The normalized spacial score (nSPS) is 15.1. The fraction of sp³-hybridized carbons (Fsp3) is 0.172. The zero-order valence-corrected chi connectivity index (χ0v) is 38.0. The van der Waals surface area contributed by atoms with Crippen molar-refractivity contribution >= 4 is 5.57 Å². The molecule has 7 rings (SSSR count). The van der Waals surface area contributed by atoms with Gasteiger partial charge in [-0.3, -0.25) is 0 Å². The second kappa shape index (κ2) is 25.6. The first kappa shape index (κ1) is 46.1. The van der Waals surface area contributed by atoms with Crippen molar-refractivity contribution in [3.05, 3.63) is 235 Å². The number of pyridine rings is 2. The van der Waals surface area contributed by atoms with E-state index in [9.17, 15) is 0 Å². The van der Waals surface area contributed by atoms with Crippen LogP contribution < -0.4 is 0 Å². The van der Waals surface area contributed by atoms with Crippen molar-refractivity contribution in [1.82, 2.24) is 9.97 Å². The molecule has 1 saturated carbocycles. The average molecular weight is 973 g/mol. The first-order valence-corrected chi connectivity index (χ1v) is 21.4. The van der Waals surface area contributed by atoms with Gasteiger partial charge in [-0.2, -0.15) is 0 Å². The Morgan fingerprint density at radius 2 is 1.16 bits per heavy atom. The predicted molar refractivity (Wildman–Crippen MR) is 257 cm³/mol. The SMILES string of the molecule is C=C(\C=C/C=C/C(/C=C\C)=C1/CCCCCCCC/C1=C\C=C/C)c1cccc(-c2cccc(-c3cc[c-]c(-c4ccccn4)c3)c2)c1.[Ir].[c-]1ccccc1-c1ccccn1. The third kappa shape index (κ3) is 14.3. The van der Waals surface area contributed by atoms with Crippen LogP contribution in [0.5, 0.6) is 0 Å². The average Bonchev–Trinajstić information content (AvgIpc) is 3.32. The van der Waals surface area contributed by atoms with Crippen molar-refractivity contribution in [3.63, 3.8) is 0 Å². The van der Waals surface area contributed by atoms with E-state index in [0.29, 0.717) is 0 Å². The van der Waals surface area contributed by atoms with Gasteiger partial charge in [0.15, 0.2) is 0 Å². The van der Waals surface area contributed by atoms with Crippen LogP contribution in [0, 0.1) is 12.1 Å². The molecule has 1 fully saturated rings. The molecule has 0 saturated heterocycles. The molecule has 1 aliphatic carbocycles. The van der Waals surface area contributed by atoms with Crippen LogP contribution >= 0.6 is 0 Å². The van der Waals surface area contributed by atoms with E-state index in [4.69, 9.17) is 0 Å². The summed E-state index contributed by atoms with van der Waals surface area (Å²) in [7, 11) is 0. The molecule has 309 valence electrons. The fourth-order valence-electron chi connectivity index (χ4n) is 7.39. The topological polar surface area (TPSA) is 25.8 Å². The van der Waals surface area contributed by atoms with Gasteiger partial charge in [0.25, 0.3) is 0 Å². The fourth-order valence-corrected chi connectivity index (χ4v) is 7.39. The van der Waals surface area contributed by atoms with Gasteiger partial charge in [0.2, 0.25) is 0 Å². The molecule has 4 aromatic carbocycles.